The van der Waals surface area contributed by atoms with Gasteiger partial charge in [-0.2, -0.15) is 0 Å². The van der Waals surface area contributed by atoms with Gasteiger partial charge in [-0.05, 0) is 25.8 Å². The molecule has 5 nitrogen and oxygen atoms in total. The van der Waals surface area contributed by atoms with Gasteiger partial charge >= 0.3 is 5.97 Å². The summed E-state index contributed by atoms with van der Waals surface area (Å²) in [7, 11) is 0. The number of amides is 1. The molecule has 1 atom stereocenters. The molecule has 1 N–H and O–H groups in total. The van der Waals surface area contributed by atoms with Gasteiger partial charge in [-0.3, -0.25) is 4.79 Å². The van der Waals surface area contributed by atoms with E-state index in [2.05, 4.69) is 5.32 Å². The van der Waals surface area contributed by atoms with Crippen molar-refractivity contribution >= 4 is 46.7 Å². The van der Waals surface area contributed by atoms with Gasteiger partial charge in [0.2, 0.25) is 0 Å². The highest BCUT2D eigenvalue weighted by Gasteiger charge is 2.23. The van der Waals surface area contributed by atoms with Crippen LogP contribution in [0.2, 0.25) is 15.1 Å². The molecule has 24 heavy (non-hydrogen) atoms. The van der Waals surface area contributed by atoms with E-state index < -0.39 is 18.7 Å². The van der Waals surface area contributed by atoms with E-state index >= 15 is 0 Å². The first-order valence-corrected chi connectivity index (χ1v) is 8.77. The third-order valence-corrected chi connectivity index (χ3v) is 4.72. The van der Waals surface area contributed by atoms with E-state index in [-0.39, 0.29) is 32.8 Å². The predicted octanol–water partition coefficient (Wildman–Crippen LogP) is 4.02. The highest BCUT2D eigenvalue weighted by atomic mass is 35.5. The number of hydrogen-bond acceptors (Lipinski definition) is 4. The van der Waals surface area contributed by atoms with Crippen molar-refractivity contribution in [3.8, 4) is 5.75 Å². The number of benzene rings is 1. The lowest BCUT2D eigenvalue weighted by Gasteiger charge is -2.17. The molecule has 2 rings (SSSR count). The fourth-order valence-corrected chi connectivity index (χ4v) is 3.02. The summed E-state index contributed by atoms with van der Waals surface area (Å²) in [5.74, 6) is -0.764. The number of rotatable bonds is 6. The van der Waals surface area contributed by atoms with Crippen molar-refractivity contribution in [2.24, 2.45) is 0 Å². The van der Waals surface area contributed by atoms with Gasteiger partial charge in [0.05, 0.1) is 15.1 Å². The smallest absolute Gasteiger partial charge is 0.344 e. The van der Waals surface area contributed by atoms with E-state index in [1.54, 1.807) is 0 Å². The molecule has 0 bridgehead atoms. The number of nitrogens with one attached hydrogen (secondary N) is 1. The van der Waals surface area contributed by atoms with Crippen molar-refractivity contribution < 1.29 is 19.1 Å². The van der Waals surface area contributed by atoms with Crippen molar-refractivity contribution in [1.82, 2.24) is 5.32 Å². The van der Waals surface area contributed by atoms with Crippen LogP contribution in [0.25, 0.3) is 0 Å². The van der Waals surface area contributed by atoms with E-state index in [0.717, 1.165) is 25.7 Å². The van der Waals surface area contributed by atoms with E-state index in [1.165, 1.54) is 19.1 Å². The summed E-state index contributed by atoms with van der Waals surface area (Å²) in [5, 5.41) is 3.64. The van der Waals surface area contributed by atoms with Crippen molar-refractivity contribution in [3.63, 3.8) is 0 Å². The third kappa shape index (κ3) is 5.43. The number of ether oxygens (including phenoxy) is 2. The van der Waals surface area contributed by atoms with Crippen molar-refractivity contribution in [1.29, 1.82) is 0 Å². The maximum Gasteiger partial charge on any atom is 0.344 e. The summed E-state index contributed by atoms with van der Waals surface area (Å²) in [6, 6.07) is 3.00. The topological polar surface area (TPSA) is 64.6 Å². The average molecular weight is 395 g/mol. The van der Waals surface area contributed by atoms with Crippen LogP contribution in [0.3, 0.4) is 0 Å². The monoisotopic (exact) mass is 393 g/mol. The number of esters is 1. The summed E-state index contributed by atoms with van der Waals surface area (Å²) >= 11 is 17.6. The van der Waals surface area contributed by atoms with Crippen LogP contribution in [0.15, 0.2) is 12.1 Å². The number of hydrogen-bond donors (Lipinski definition) is 1. The van der Waals surface area contributed by atoms with Gasteiger partial charge in [0.15, 0.2) is 12.7 Å². The maximum absolute atomic E-state index is 12.0. The SMILES string of the molecule is C[C@@H](OC(=O)COc1cc(Cl)c(Cl)cc1Cl)C(=O)NC1CCCC1. The summed E-state index contributed by atoms with van der Waals surface area (Å²) in [6.07, 6.45) is 3.26. The second-order valence-corrected chi connectivity index (χ2v) is 6.83. The molecule has 0 aromatic heterocycles. The molecular weight excluding hydrogens is 377 g/mol. The Kier molecular flexibility index (Phi) is 7.02. The van der Waals surface area contributed by atoms with Gasteiger partial charge in [0, 0.05) is 12.1 Å². The molecule has 0 saturated heterocycles. The molecule has 8 heteroatoms. The van der Waals surface area contributed by atoms with Crippen molar-refractivity contribution in [2.45, 2.75) is 44.8 Å². The Morgan fingerprint density at radius 1 is 1.17 bits per heavy atom. The molecule has 1 saturated carbocycles. The van der Waals surface area contributed by atoms with Gasteiger partial charge in [-0.25, -0.2) is 4.79 Å². The summed E-state index contributed by atoms with van der Waals surface area (Å²) < 4.78 is 10.3. The number of carbonyl (C=O) groups excluding carboxylic acids is 2. The van der Waals surface area contributed by atoms with Crippen LogP contribution in [-0.4, -0.2) is 30.6 Å². The lowest BCUT2D eigenvalue weighted by Crippen LogP contribution is -2.41. The molecule has 0 unspecified atom stereocenters. The van der Waals surface area contributed by atoms with Gasteiger partial charge in [0.1, 0.15) is 5.75 Å². The second kappa shape index (κ2) is 8.79. The second-order valence-electron chi connectivity index (χ2n) is 5.61. The Balaban J connectivity index is 1.80. The minimum atomic E-state index is -0.883. The van der Waals surface area contributed by atoms with Crippen LogP contribution in [0.1, 0.15) is 32.6 Å². The number of carbonyl (C=O) groups is 2. The molecule has 0 radical (unpaired) electrons. The minimum absolute atomic E-state index is 0.171. The Morgan fingerprint density at radius 2 is 1.79 bits per heavy atom. The highest BCUT2D eigenvalue weighted by molar-refractivity contribution is 6.43. The zero-order chi connectivity index (χ0) is 17.7. The van der Waals surface area contributed by atoms with Crippen LogP contribution in [0, 0.1) is 0 Å². The van der Waals surface area contributed by atoms with E-state index in [0.29, 0.717) is 0 Å². The fourth-order valence-electron chi connectivity index (χ4n) is 2.42. The van der Waals surface area contributed by atoms with Crippen LogP contribution in [-0.2, 0) is 14.3 Å². The summed E-state index contributed by atoms with van der Waals surface area (Å²) in [5.41, 5.74) is 0. The molecule has 1 aromatic rings. The maximum atomic E-state index is 12.0. The molecule has 0 aliphatic heterocycles. The molecule has 1 aliphatic rings. The molecule has 1 aromatic carbocycles. The van der Waals surface area contributed by atoms with Crippen LogP contribution >= 0.6 is 34.8 Å². The third-order valence-electron chi connectivity index (χ3n) is 3.70. The highest BCUT2D eigenvalue weighted by Crippen LogP contribution is 2.33. The lowest BCUT2D eigenvalue weighted by molar-refractivity contribution is -0.156. The Labute approximate surface area is 155 Å². The average Bonchev–Trinajstić information content (AvgIpc) is 3.02. The van der Waals surface area contributed by atoms with Gasteiger partial charge in [-0.1, -0.05) is 47.6 Å². The standard InChI is InChI=1S/C16H18Cl3NO4/c1-9(16(22)20-10-4-2-3-5-10)24-15(21)8-23-14-7-12(18)11(17)6-13(14)19/h6-7,9-10H,2-5,8H2,1H3,(H,20,22)/t9-/m1/s1. The normalized spacial score (nSPS) is 15.8. The van der Waals surface area contributed by atoms with E-state index in [4.69, 9.17) is 44.3 Å². The number of halogens is 3. The predicted molar refractivity (Wildman–Crippen MR) is 92.9 cm³/mol. The van der Waals surface area contributed by atoms with Gasteiger partial charge in [-0.15, -0.1) is 0 Å². The first kappa shape index (κ1) is 19.2. The largest absolute Gasteiger partial charge is 0.480 e. The summed E-state index contributed by atoms with van der Waals surface area (Å²) in [6.45, 7) is 1.13. The molecule has 1 amide bonds. The minimum Gasteiger partial charge on any atom is -0.480 e. The first-order valence-electron chi connectivity index (χ1n) is 7.64. The Hall–Kier alpha value is -1.17. The molecule has 132 valence electrons. The molecule has 0 heterocycles. The first-order chi connectivity index (χ1) is 11.4. The van der Waals surface area contributed by atoms with Gasteiger partial charge in [0.25, 0.3) is 5.91 Å². The zero-order valence-corrected chi connectivity index (χ0v) is 15.4. The van der Waals surface area contributed by atoms with E-state index in [9.17, 15) is 9.59 Å². The molecule has 1 fully saturated rings. The molecule has 0 spiro atoms. The van der Waals surface area contributed by atoms with Gasteiger partial charge < -0.3 is 14.8 Å². The molecule has 1 aliphatic carbocycles. The van der Waals surface area contributed by atoms with Crippen molar-refractivity contribution in [2.75, 3.05) is 6.61 Å². The zero-order valence-electron chi connectivity index (χ0n) is 13.1. The molecular formula is C16H18Cl3NO4. The fraction of sp³-hybridized carbons (Fsp3) is 0.500. The van der Waals surface area contributed by atoms with Crippen LogP contribution in [0.5, 0.6) is 5.75 Å². The quantitative estimate of drug-likeness (QED) is 0.585. The van der Waals surface area contributed by atoms with Crippen LogP contribution in [0.4, 0.5) is 0 Å². The van der Waals surface area contributed by atoms with Crippen molar-refractivity contribution in [3.05, 3.63) is 27.2 Å². The Bertz CT molecular complexity index is 618. The van der Waals surface area contributed by atoms with Crippen LogP contribution < -0.4 is 10.1 Å². The lowest BCUT2D eigenvalue weighted by atomic mass is 10.2. The Morgan fingerprint density at radius 3 is 2.46 bits per heavy atom. The summed E-state index contributed by atoms with van der Waals surface area (Å²) in [4.78, 5) is 23.8. The van der Waals surface area contributed by atoms with E-state index in [1.807, 2.05) is 0 Å².